The minimum atomic E-state index is -0.0808. The first kappa shape index (κ1) is 25.7. The van der Waals surface area contributed by atoms with Crippen molar-refractivity contribution >= 4 is 28.9 Å². The number of aryl methyl sites for hydroxylation is 1. The molecule has 1 aliphatic heterocycles. The molecule has 0 spiro atoms. The molecule has 2 aromatic carbocycles. The van der Waals surface area contributed by atoms with E-state index in [1.54, 1.807) is 30.5 Å². The molecule has 0 aliphatic carbocycles. The number of anilines is 3. The zero-order valence-corrected chi connectivity index (χ0v) is 22.1. The highest BCUT2D eigenvalue weighted by Gasteiger charge is 2.14. The number of ether oxygens (including phenoxy) is 2. The Morgan fingerprint density at radius 3 is 2.61 bits per heavy atom. The number of nitrogens with zero attached hydrogens (tertiary/aromatic N) is 7. The minimum Gasteiger partial charge on any atom is -0.494 e. The molecule has 1 atom stereocenters. The molecule has 0 unspecified atom stereocenters. The van der Waals surface area contributed by atoms with Gasteiger partial charge in [0.1, 0.15) is 17.8 Å². The average molecular weight is 536 g/mol. The summed E-state index contributed by atoms with van der Waals surface area (Å²) in [5.74, 6) is 1.82. The number of tetrazole rings is 1. The van der Waals surface area contributed by atoms with Gasteiger partial charge in [-0.2, -0.15) is 0 Å². The lowest BCUT2D eigenvalue weighted by atomic mass is 10.1. The number of benzene rings is 2. The first-order valence-corrected chi connectivity index (χ1v) is 12.9. The van der Waals surface area contributed by atoms with E-state index >= 15 is 0 Å². The number of rotatable bonds is 10. The van der Waals surface area contributed by atoms with Crippen LogP contribution in [0.25, 0.3) is 11.1 Å². The van der Waals surface area contributed by atoms with Gasteiger partial charge >= 0.3 is 0 Å². The predicted octanol–water partition coefficient (Wildman–Crippen LogP) is 3.80. The van der Waals surface area contributed by atoms with Gasteiger partial charge in [-0.15, -0.1) is 5.10 Å². The lowest BCUT2D eigenvalue weighted by molar-refractivity contribution is 0.202. The van der Waals surface area contributed by atoms with Gasteiger partial charge in [-0.25, -0.2) is 14.6 Å². The molecule has 4 aromatic rings. The van der Waals surface area contributed by atoms with Gasteiger partial charge in [-0.05, 0) is 47.2 Å². The third kappa shape index (κ3) is 6.29. The minimum absolute atomic E-state index is 0.0808. The van der Waals surface area contributed by atoms with Gasteiger partial charge in [-0.1, -0.05) is 17.7 Å². The van der Waals surface area contributed by atoms with Crippen LogP contribution in [-0.4, -0.2) is 69.6 Å². The Morgan fingerprint density at radius 2 is 1.87 bits per heavy atom. The summed E-state index contributed by atoms with van der Waals surface area (Å²) >= 11 is 6.41. The molecule has 3 heterocycles. The van der Waals surface area contributed by atoms with Gasteiger partial charge in [-0.3, -0.25) is 0 Å². The van der Waals surface area contributed by atoms with Crippen LogP contribution in [0.2, 0.25) is 5.02 Å². The maximum Gasteiger partial charge on any atom is 0.227 e. The monoisotopic (exact) mass is 535 g/mol. The molecular formula is C26H30ClN9O2. The van der Waals surface area contributed by atoms with Crippen LogP contribution in [0.15, 0.2) is 55.1 Å². The number of piperazine rings is 1. The van der Waals surface area contributed by atoms with E-state index in [1.807, 2.05) is 37.3 Å². The second-order valence-corrected chi connectivity index (χ2v) is 9.38. The van der Waals surface area contributed by atoms with Gasteiger partial charge in [0.2, 0.25) is 5.95 Å². The number of hydrogen-bond acceptors (Lipinski definition) is 10. The van der Waals surface area contributed by atoms with Crippen LogP contribution in [0.1, 0.15) is 13.3 Å². The van der Waals surface area contributed by atoms with Crippen LogP contribution in [0.5, 0.6) is 11.5 Å². The molecule has 0 saturated carbocycles. The summed E-state index contributed by atoms with van der Waals surface area (Å²) in [5, 5.41) is 18.4. The summed E-state index contributed by atoms with van der Waals surface area (Å²) in [5.41, 5.74) is 3.69. The highest BCUT2D eigenvalue weighted by atomic mass is 35.5. The number of halogens is 1. The standard InChI is InChI=1S/C26H30ClN9O2/c1-18(7-10-36-17-31-33-34-36)38-24-13-19(3-5-22(24)27)20-15-29-26(30-16-20)32-23-6-4-21(14-25(23)37-2)35-11-8-28-9-12-35/h3-6,13-18,28H,7-12H2,1-2H3,(H,29,30,32)/t18-/m0/s1. The second kappa shape index (κ2) is 12.1. The normalized spacial score (nSPS) is 14.2. The fourth-order valence-electron chi connectivity index (χ4n) is 4.21. The van der Waals surface area contributed by atoms with Crippen molar-refractivity contribution in [1.29, 1.82) is 0 Å². The van der Waals surface area contributed by atoms with E-state index in [4.69, 9.17) is 21.1 Å². The fraction of sp³-hybridized carbons (Fsp3) is 0.346. The number of aromatic nitrogens is 6. The van der Waals surface area contributed by atoms with E-state index in [1.165, 1.54) is 0 Å². The van der Waals surface area contributed by atoms with Gasteiger partial charge in [0, 0.05) is 68.9 Å². The van der Waals surface area contributed by atoms with Crippen molar-refractivity contribution in [3.05, 3.63) is 60.1 Å². The van der Waals surface area contributed by atoms with Gasteiger partial charge in [0.25, 0.3) is 0 Å². The Kier molecular flexibility index (Phi) is 8.15. The van der Waals surface area contributed by atoms with Crippen LogP contribution >= 0.6 is 11.6 Å². The summed E-state index contributed by atoms with van der Waals surface area (Å²) in [4.78, 5) is 11.4. The number of methoxy groups -OCH3 is 1. The molecule has 0 bridgehead atoms. The highest BCUT2D eigenvalue weighted by Crippen LogP contribution is 2.33. The van der Waals surface area contributed by atoms with Crippen molar-refractivity contribution in [2.24, 2.45) is 0 Å². The molecule has 1 fully saturated rings. The topological polar surface area (TPSA) is 115 Å². The summed E-state index contributed by atoms with van der Waals surface area (Å²) in [6, 6.07) is 11.8. The Hall–Kier alpha value is -3.96. The van der Waals surface area contributed by atoms with Crippen molar-refractivity contribution < 1.29 is 9.47 Å². The highest BCUT2D eigenvalue weighted by molar-refractivity contribution is 6.32. The molecule has 12 heteroatoms. The van der Waals surface area contributed by atoms with Crippen LogP contribution < -0.4 is 25.0 Å². The molecule has 0 radical (unpaired) electrons. The Bertz CT molecular complexity index is 1330. The van der Waals surface area contributed by atoms with E-state index in [-0.39, 0.29) is 6.10 Å². The first-order chi connectivity index (χ1) is 18.6. The second-order valence-electron chi connectivity index (χ2n) is 8.98. The Balaban J connectivity index is 1.25. The summed E-state index contributed by atoms with van der Waals surface area (Å²) < 4.78 is 13.4. The molecule has 1 aliphatic rings. The molecule has 2 aromatic heterocycles. The summed E-state index contributed by atoms with van der Waals surface area (Å²) in [6.45, 7) is 6.53. The van der Waals surface area contributed by atoms with Crippen molar-refractivity contribution in [3.63, 3.8) is 0 Å². The quantitative estimate of drug-likeness (QED) is 0.310. The third-order valence-corrected chi connectivity index (χ3v) is 6.63. The number of hydrogen-bond donors (Lipinski definition) is 2. The van der Waals surface area contributed by atoms with Crippen molar-refractivity contribution in [3.8, 4) is 22.6 Å². The number of nitrogens with one attached hydrogen (secondary N) is 2. The van der Waals surface area contributed by atoms with Gasteiger partial charge < -0.3 is 25.0 Å². The molecule has 5 rings (SSSR count). The lowest BCUT2D eigenvalue weighted by Gasteiger charge is -2.30. The summed E-state index contributed by atoms with van der Waals surface area (Å²) in [6.07, 6.45) is 5.77. The smallest absolute Gasteiger partial charge is 0.227 e. The zero-order valence-electron chi connectivity index (χ0n) is 21.3. The molecule has 1 saturated heterocycles. The van der Waals surface area contributed by atoms with E-state index in [0.717, 1.165) is 60.9 Å². The van der Waals surface area contributed by atoms with Crippen LogP contribution in [0, 0.1) is 0 Å². The molecular weight excluding hydrogens is 506 g/mol. The van der Waals surface area contributed by atoms with E-state index in [9.17, 15) is 0 Å². The molecule has 38 heavy (non-hydrogen) atoms. The first-order valence-electron chi connectivity index (χ1n) is 12.5. The van der Waals surface area contributed by atoms with Crippen molar-refractivity contribution in [2.45, 2.75) is 26.0 Å². The summed E-state index contributed by atoms with van der Waals surface area (Å²) in [7, 11) is 1.67. The van der Waals surface area contributed by atoms with Crippen molar-refractivity contribution in [2.75, 3.05) is 43.5 Å². The van der Waals surface area contributed by atoms with Crippen LogP contribution in [0.3, 0.4) is 0 Å². The Labute approximate surface area is 226 Å². The van der Waals surface area contributed by atoms with Crippen LogP contribution in [-0.2, 0) is 6.54 Å². The molecule has 0 amide bonds. The van der Waals surface area contributed by atoms with Crippen LogP contribution in [0.4, 0.5) is 17.3 Å². The maximum absolute atomic E-state index is 6.41. The maximum atomic E-state index is 6.41. The van der Waals surface area contributed by atoms with Gasteiger partial charge in [0.05, 0.1) is 23.9 Å². The SMILES string of the molecule is COc1cc(N2CCNCC2)ccc1Nc1ncc(-c2ccc(Cl)c(O[C@@H](C)CCn3cnnn3)c2)cn1. The lowest BCUT2D eigenvalue weighted by Crippen LogP contribution is -2.43. The van der Waals surface area contributed by atoms with Crippen molar-refractivity contribution in [1.82, 2.24) is 35.5 Å². The predicted molar refractivity (Wildman–Crippen MR) is 146 cm³/mol. The largest absolute Gasteiger partial charge is 0.494 e. The van der Waals surface area contributed by atoms with E-state index < -0.39 is 0 Å². The fourth-order valence-corrected chi connectivity index (χ4v) is 4.37. The third-order valence-electron chi connectivity index (χ3n) is 6.31. The molecule has 11 nitrogen and oxygen atoms in total. The molecule has 2 N–H and O–H groups in total. The zero-order chi connectivity index (χ0) is 26.3. The van der Waals surface area contributed by atoms with E-state index in [2.05, 4.69) is 47.1 Å². The Morgan fingerprint density at radius 1 is 1.05 bits per heavy atom. The average Bonchev–Trinajstić information content (AvgIpc) is 3.48. The van der Waals surface area contributed by atoms with E-state index in [0.29, 0.717) is 23.3 Å². The molecule has 198 valence electrons. The van der Waals surface area contributed by atoms with Gasteiger partial charge in [0.15, 0.2) is 0 Å².